The first-order valence-corrected chi connectivity index (χ1v) is 12.0. The van der Waals surface area contributed by atoms with Crippen molar-refractivity contribution in [3.05, 3.63) is 46.4 Å². The van der Waals surface area contributed by atoms with Crippen molar-refractivity contribution in [1.82, 2.24) is 19.1 Å². The van der Waals surface area contributed by atoms with Crippen LogP contribution in [-0.2, 0) is 16.6 Å². The molecule has 2 aromatic heterocycles. The van der Waals surface area contributed by atoms with Crippen molar-refractivity contribution in [2.24, 2.45) is 0 Å². The van der Waals surface area contributed by atoms with Crippen LogP contribution in [0.5, 0.6) is 0 Å². The average Bonchev–Trinajstić information content (AvgIpc) is 3.48. The second-order valence-corrected chi connectivity index (χ2v) is 9.99. The number of hydrogen-bond donors (Lipinski definition) is 0. The Bertz CT molecular complexity index is 1230. The predicted octanol–water partition coefficient (Wildman–Crippen LogP) is 3.71. The molecule has 164 valence electrons. The summed E-state index contributed by atoms with van der Waals surface area (Å²) in [5.74, 6) is 1.30. The molecule has 1 aromatic carbocycles. The average molecular weight is 464 g/mol. The fraction of sp³-hybridized carbons (Fsp3) is 0.368. The lowest BCUT2D eigenvalue weighted by Crippen LogP contribution is -2.27. The van der Waals surface area contributed by atoms with Crippen molar-refractivity contribution in [2.75, 3.05) is 13.1 Å². The van der Waals surface area contributed by atoms with E-state index in [4.69, 9.17) is 4.42 Å². The third-order valence-electron chi connectivity index (χ3n) is 5.16. The maximum Gasteiger partial charge on any atom is 0.284 e. The van der Waals surface area contributed by atoms with Gasteiger partial charge in [-0.25, -0.2) is 8.42 Å². The van der Waals surface area contributed by atoms with E-state index in [2.05, 4.69) is 10.2 Å². The van der Waals surface area contributed by atoms with Crippen LogP contribution in [0.4, 0.5) is 5.69 Å². The number of furan rings is 1. The molecule has 0 aliphatic carbocycles. The molecule has 0 atom stereocenters. The number of nitro groups is 1. The SMILES string of the molecule is CCn1c(Sc2ccc(S(=O)(=O)N3CCCC3)cc2[N+](=O)[O-])nnc1-c1ccoc1C. The summed E-state index contributed by atoms with van der Waals surface area (Å²) in [4.78, 5) is 11.4. The van der Waals surface area contributed by atoms with E-state index in [1.165, 1.54) is 16.4 Å². The van der Waals surface area contributed by atoms with Crippen LogP contribution >= 0.6 is 11.8 Å². The molecule has 1 aliphatic heterocycles. The van der Waals surface area contributed by atoms with Gasteiger partial charge in [0.05, 0.1) is 26.5 Å². The minimum absolute atomic E-state index is 0.0721. The smallest absolute Gasteiger partial charge is 0.284 e. The molecule has 31 heavy (non-hydrogen) atoms. The lowest BCUT2D eigenvalue weighted by atomic mass is 10.2. The highest BCUT2D eigenvalue weighted by Gasteiger charge is 2.30. The van der Waals surface area contributed by atoms with Crippen molar-refractivity contribution in [2.45, 2.75) is 48.2 Å². The van der Waals surface area contributed by atoms with Gasteiger partial charge in [0.15, 0.2) is 11.0 Å². The predicted molar refractivity (Wildman–Crippen MR) is 113 cm³/mol. The van der Waals surface area contributed by atoms with Gasteiger partial charge in [-0.2, -0.15) is 4.31 Å². The normalized spacial score (nSPS) is 14.9. The Kier molecular flexibility index (Phi) is 5.86. The lowest BCUT2D eigenvalue weighted by Gasteiger charge is -2.15. The molecular weight excluding hydrogens is 442 g/mol. The topological polar surface area (TPSA) is 124 Å². The number of aromatic nitrogens is 3. The molecule has 12 heteroatoms. The van der Waals surface area contributed by atoms with Gasteiger partial charge in [0.2, 0.25) is 10.0 Å². The molecule has 1 fully saturated rings. The fourth-order valence-electron chi connectivity index (χ4n) is 3.53. The monoisotopic (exact) mass is 463 g/mol. The third kappa shape index (κ3) is 3.98. The van der Waals surface area contributed by atoms with Gasteiger partial charge in [0, 0.05) is 25.7 Å². The summed E-state index contributed by atoms with van der Waals surface area (Å²) in [7, 11) is -3.75. The lowest BCUT2D eigenvalue weighted by molar-refractivity contribution is -0.388. The van der Waals surface area contributed by atoms with Gasteiger partial charge in [0.1, 0.15) is 5.76 Å². The van der Waals surface area contributed by atoms with Gasteiger partial charge in [-0.05, 0) is 56.7 Å². The van der Waals surface area contributed by atoms with E-state index in [0.29, 0.717) is 41.3 Å². The van der Waals surface area contributed by atoms with E-state index in [-0.39, 0.29) is 10.6 Å². The highest BCUT2D eigenvalue weighted by Crippen LogP contribution is 2.37. The molecule has 0 amide bonds. The molecule has 3 aromatic rings. The zero-order valence-electron chi connectivity index (χ0n) is 17.0. The molecule has 0 N–H and O–H groups in total. The standard InChI is InChI=1S/C19H21N5O5S2/c1-3-23-18(15-8-11-29-13(15)2)20-21-19(23)30-17-7-6-14(12-16(17)24(25)26)31(27,28)22-9-4-5-10-22/h6-8,11-12H,3-5,9-10H2,1-2H3. The molecule has 4 rings (SSSR count). The molecule has 0 radical (unpaired) electrons. The summed E-state index contributed by atoms with van der Waals surface area (Å²) in [5, 5.41) is 20.6. The zero-order chi connectivity index (χ0) is 22.2. The Morgan fingerprint density at radius 1 is 1.23 bits per heavy atom. The van der Waals surface area contributed by atoms with E-state index >= 15 is 0 Å². The Morgan fingerprint density at radius 2 is 1.97 bits per heavy atom. The Hall–Kier alpha value is -2.70. The van der Waals surface area contributed by atoms with E-state index in [9.17, 15) is 18.5 Å². The molecule has 10 nitrogen and oxygen atoms in total. The first-order valence-electron chi connectivity index (χ1n) is 9.77. The van der Waals surface area contributed by atoms with E-state index in [1.807, 2.05) is 18.4 Å². The largest absolute Gasteiger partial charge is 0.469 e. The minimum atomic E-state index is -3.75. The summed E-state index contributed by atoms with van der Waals surface area (Å²) in [5.41, 5.74) is 0.514. The minimum Gasteiger partial charge on any atom is -0.469 e. The maximum absolute atomic E-state index is 12.8. The second kappa shape index (κ2) is 8.44. The van der Waals surface area contributed by atoms with Crippen molar-refractivity contribution in [3.8, 4) is 11.4 Å². The Morgan fingerprint density at radius 3 is 2.58 bits per heavy atom. The van der Waals surface area contributed by atoms with Crippen molar-refractivity contribution in [1.29, 1.82) is 0 Å². The van der Waals surface area contributed by atoms with Crippen molar-refractivity contribution < 1.29 is 17.8 Å². The van der Waals surface area contributed by atoms with Gasteiger partial charge in [-0.15, -0.1) is 10.2 Å². The number of aryl methyl sites for hydroxylation is 1. The van der Waals surface area contributed by atoms with Crippen LogP contribution in [-0.4, -0.2) is 45.5 Å². The number of benzene rings is 1. The summed E-state index contributed by atoms with van der Waals surface area (Å²) >= 11 is 1.08. The van der Waals surface area contributed by atoms with Crippen LogP contribution in [0.3, 0.4) is 0 Å². The van der Waals surface area contributed by atoms with Gasteiger partial charge >= 0.3 is 0 Å². The van der Waals surface area contributed by atoms with Crippen molar-refractivity contribution in [3.63, 3.8) is 0 Å². The number of sulfonamides is 1. The maximum atomic E-state index is 12.8. The van der Waals surface area contributed by atoms with Gasteiger partial charge in [-0.1, -0.05) is 0 Å². The highest BCUT2D eigenvalue weighted by molar-refractivity contribution is 7.99. The van der Waals surface area contributed by atoms with E-state index < -0.39 is 14.9 Å². The van der Waals surface area contributed by atoms with Crippen LogP contribution in [0.15, 0.2) is 49.9 Å². The van der Waals surface area contributed by atoms with Crippen LogP contribution in [0.2, 0.25) is 0 Å². The number of rotatable bonds is 7. The molecular formula is C19H21N5O5S2. The van der Waals surface area contributed by atoms with Crippen LogP contribution in [0.25, 0.3) is 11.4 Å². The van der Waals surface area contributed by atoms with Crippen molar-refractivity contribution >= 4 is 27.5 Å². The Balaban J connectivity index is 1.70. The molecule has 1 aliphatic rings. The van der Waals surface area contributed by atoms with Crippen LogP contribution < -0.4 is 0 Å². The highest BCUT2D eigenvalue weighted by atomic mass is 32.2. The summed E-state index contributed by atoms with van der Waals surface area (Å²) in [6.07, 6.45) is 3.15. The van der Waals surface area contributed by atoms with E-state index in [0.717, 1.165) is 36.2 Å². The third-order valence-corrected chi connectivity index (χ3v) is 8.11. The summed E-state index contributed by atoms with van der Waals surface area (Å²) in [6, 6.07) is 5.80. The molecule has 0 spiro atoms. The number of nitrogens with zero attached hydrogens (tertiary/aromatic N) is 5. The van der Waals surface area contributed by atoms with E-state index in [1.54, 1.807) is 12.3 Å². The number of hydrogen-bond acceptors (Lipinski definition) is 8. The summed E-state index contributed by atoms with van der Waals surface area (Å²) in [6.45, 7) is 5.16. The van der Waals surface area contributed by atoms with Crippen LogP contribution in [0, 0.1) is 17.0 Å². The first kappa shape index (κ1) is 21.5. The fourth-order valence-corrected chi connectivity index (χ4v) is 6.04. The van der Waals surface area contributed by atoms with Gasteiger partial charge in [0.25, 0.3) is 5.69 Å². The molecule has 0 unspecified atom stereocenters. The second-order valence-electron chi connectivity index (χ2n) is 7.04. The molecule has 1 saturated heterocycles. The van der Waals surface area contributed by atoms with Gasteiger partial charge in [-0.3, -0.25) is 10.1 Å². The van der Waals surface area contributed by atoms with Crippen LogP contribution in [0.1, 0.15) is 25.5 Å². The molecule has 3 heterocycles. The Labute approximate surface area is 183 Å². The summed E-state index contributed by atoms with van der Waals surface area (Å²) < 4.78 is 34.2. The first-order chi connectivity index (χ1) is 14.8. The molecule has 0 bridgehead atoms. The quantitative estimate of drug-likeness (QED) is 0.384. The molecule has 0 saturated carbocycles. The number of nitro benzene ring substituents is 1. The zero-order valence-corrected chi connectivity index (χ0v) is 18.6. The van der Waals surface area contributed by atoms with Gasteiger partial charge < -0.3 is 8.98 Å².